The van der Waals surface area contributed by atoms with Crippen LogP contribution in [0.4, 0.5) is 0 Å². The molecule has 1 aromatic rings. The van der Waals surface area contributed by atoms with Gasteiger partial charge in [-0.3, -0.25) is 4.99 Å². The highest BCUT2D eigenvalue weighted by atomic mass is 32.2. The standard InChI is InChI=1S/C16H27N3O2S/c1-5-14(19-16(17-4)18-11-13(2)3)12-22(20,21)15-9-7-6-8-10-15/h6-10,13-14H,5,11-12H2,1-4H3,(H2,17,18,19). The fourth-order valence-corrected chi connectivity index (χ4v) is 3.55. The van der Waals surface area contributed by atoms with E-state index in [-0.39, 0.29) is 11.8 Å². The van der Waals surface area contributed by atoms with Crippen molar-refractivity contribution in [3.05, 3.63) is 30.3 Å². The first-order valence-corrected chi connectivity index (χ1v) is 9.29. The number of rotatable bonds is 7. The lowest BCUT2D eigenvalue weighted by Gasteiger charge is -2.21. The smallest absolute Gasteiger partial charge is 0.191 e. The van der Waals surface area contributed by atoms with Crippen molar-refractivity contribution in [1.82, 2.24) is 10.6 Å². The zero-order chi connectivity index (χ0) is 16.6. The zero-order valence-corrected chi connectivity index (χ0v) is 14.7. The summed E-state index contributed by atoms with van der Waals surface area (Å²) in [5.74, 6) is 1.19. The Bertz CT molecular complexity index is 568. The quantitative estimate of drug-likeness (QED) is 0.595. The first-order valence-electron chi connectivity index (χ1n) is 7.64. The van der Waals surface area contributed by atoms with E-state index in [9.17, 15) is 8.42 Å². The van der Waals surface area contributed by atoms with Crippen molar-refractivity contribution >= 4 is 15.8 Å². The molecule has 0 radical (unpaired) electrons. The van der Waals surface area contributed by atoms with Gasteiger partial charge in [0.05, 0.1) is 10.6 Å². The molecule has 5 nitrogen and oxygen atoms in total. The number of aliphatic imine (C=N–C) groups is 1. The molecule has 1 rings (SSSR count). The number of benzene rings is 1. The number of guanidine groups is 1. The van der Waals surface area contributed by atoms with Crippen LogP contribution in [-0.2, 0) is 9.84 Å². The SMILES string of the molecule is CCC(CS(=O)(=O)c1ccccc1)NC(=NC)NCC(C)C. The summed E-state index contributed by atoms with van der Waals surface area (Å²) >= 11 is 0. The minimum Gasteiger partial charge on any atom is -0.356 e. The van der Waals surface area contributed by atoms with Gasteiger partial charge in [-0.05, 0) is 24.5 Å². The van der Waals surface area contributed by atoms with Crippen LogP contribution in [0.3, 0.4) is 0 Å². The van der Waals surface area contributed by atoms with E-state index in [1.54, 1.807) is 31.3 Å². The minimum atomic E-state index is -3.30. The molecule has 0 heterocycles. The average molecular weight is 325 g/mol. The molecule has 0 amide bonds. The highest BCUT2D eigenvalue weighted by Crippen LogP contribution is 2.12. The number of hydrogen-bond donors (Lipinski definition) is 2. The van der Waals surface area contributed by atoms with Gasteiger partial charge in [0.25, 0.3) is 0 Å². The highest BCUT2D eigenvalue weighted by Gasteiger charge is 2.20. The molecule has 1 atom stereocenters. The molecule has 2 N–H and O–H groups in total. The van der Waals surface area contributed by atoms with E-state index in [0.717, 1.165) is 6.54 Å². The lowest BCUT2D eigenvalue weighted by atomic mass is 10.2. The van der Waals surface area contributed by atoms with E-state index < -0.39 is 9.84 Å². The monoisotopic (exact) mass is 325 g/mol. The van der Waals surface area contributed by atoms with Gasteiger partial charge in [-0.1, -0.05) is 39.0 Å². The Balaban J connectivity index is 2.72. The van der Waals surface area contributed by atoms with E-state index in [2.05, 4.69) is 29.5 Å². The lowest BCUT2D eigenvalue weighted by Crippen LogP contribution is -2.46. The summed E-state index contributed by atoms with van der Waals surface area (Å²) in [7, 11) is -1.61. The normalized spacial score (nSPS) is 14.0. The summed E-state index contributed by atoms with van der Waals surface area (Å²) in [6.45, 7) is 6.98. The second-order valence-electron chi connectivity index (χ2n) is 5.69. The van der Waals surface area contributed by atoms with Crippen molar-refractivity contribution in [3.8, 4) is 0 Å². The average Bonchev–Trinajstić information content (AvgIpc) is 2.50. The Kier molecular flexibility index (Phi) is 7.38. The van der Waals surface area contributed by atoms with Gasteiger partial charge >= 0.3 is 0 Å². The Labute approximate surface area is 134 Å². The molecular weight excluding hydrogens is 298 g/mol. The van der Waals surface area contributed by atoms with Crippen molar-refractivity contribution in [3.63, 3.8) is 0 Å². The van der Waals surface area contributed by atoms with E-state index >= 15 is 0 Å². The summed E-state index contributed by atoms with van der Waals surface area (Å²) in [6, 6.07) is 8.38. The van der Waals surface area contributed by atoms with Crippen LogP contribution in [0.5, 0.6) is 0 Å². The Hall–Kier alpha value is -1.56. The molecule has 0 aliphatic rings. The highest BCUT2D eigenvalue weighted by molar-refractivity contribution is 7.91. The molecule has 124 valence electrons. The van der Waals surface area contributed by atoms with Crippen LogP contribution in [0, 0.1) is 5.92 Å². The molecule has 0 aliphatic heterocycles. The predicted molar refractivity (Wildman–Crippen MR) is 91.9 cm³/mol. The van der Waals surface area contributed by atoms with E-state index in [1.807, 2.05) is 13.0 Å². The van der Waals surface area contributed by atoms with Gasteiger partial charge < -0.3 is 10.6 Å². The van der Waals surface area contributed by atoms with Gasteiger partial charge in [-0.2, -0.15) is 0 Å². The van der Waals surface area contributed by atoms with Crippen LogP contribution < -0.4 is 10.6 Å². The Morgan fingerprint density at radius 2 is 1.86 bits per heavy atom. The van der Waals surface area contributed by atoms with Crippen LogP contribution in [0.15, 0.2) is 40.2 Å². The maximum absolute atomic E-state index is 12.4. The van der Waals surface area contributed by atoms with Crippen molar-refractivity contribution < 1.29 is 8.42 Å². The number of nitrogens with one attached hydrogen (secondary N) is 2. The van der Waals surface area contributed by atoms with E-state index in [0.29, 0.717) is 23.2 Å². The van der Waals surface area contributed by atoms with Crippen molar-refractivity contribution in [2.24, 2.45) is 10.9 Å². The van der Waals surface area contributed by atoms with Crippen molar-refractivity contribution in [1.29, 1.82) is 0 Å². The summed E-state index contributed by atoms with van der Waals surface area (Å²) in [4.78, 5) is 4.51. The van der Waals surface area contributed by atoms with Gasteiger partial charge in [0.2, 0.25) is 0 Å². The first-order chi connectivity index (χ1) is 10.4. The van der Waals surface area contributed by atoms with E-state index in [4.69, 9.17) is 0 Å². The number of hydrogen-bond acceptors (Lipinski definition) is 3. The number of sulfone groups is 1. The third kappa shape index (κ3) is 6.05. The maximum atomic E-state index is 12.4. The Morgan fingerprint density at radius 1 is 1.23 bits per heavy atom. The minimum absolute atomic E-state index is 0.0515. The molecule has 0 aromatic heterocycles. The molecule has 0 fully saturated rings. The largest absolute Gasteiger partial charge is 0.356 e. The molecule has 0 saturated heterocycles. The molecule has 22 heavy (non-hydrogen) atoms. The second kappa shape index (κ2) is 8.78. The topological polar surface area (TPSA) is 70.6 Å². The van der Waals surface area contributed by atoms with Crippen LogP contribution >= 0.6 is 0 Å². The lowest BCUT2D eigenvalue weighted by molar-refractivity contribution is 0.562. The molecule has 1 aromatic carbocycles. The van der Waals surface area contributed by atoms with Crippen LogP contribution in [0.25, 0.3) is 0 Å². The Morgan fingerprint density at radius 3 is 2.36 bits per heavy atom. The van der Waals surface area contributed by atoms with Gasteiger partial charge in [-0.15, -0.1) is 0 Å². The molecule has 1 unspecified atom stereocenters. The summed E-state index contributed by atoms with van der Waals surface area (Å²) in [5.41, 5.74) is 0. The van der Waals surface area contributed by atoms with Crippen molar-refractivity contribution in [2.75, 3.05) is 19.3 Å². The molecule has 6 heteroatoms. The van der Waals surface area contributed by atoms with Gasteiger partial charge in [0.1, 0.15) is 0 Å². The van der Waals surface area contributed by atoms with Crippen LogP contribution in [0.2, 0.25) is 0 Å². The van der Waals surface area contributed by atoms with Crippen molar-refractivity contribution in [2.45, 2.75) is 38.1 Å². The second-order valence-corrected chi connectivity index (χ2v) is 7.73. The molecule has 0 saturated carbocycles. The molecule has 0 aliphatic carbocycles. The third-order valence-corrected chi connectivity index (χ3v) is 5.09. The molecule has 0 bridgehead atoms. The first kappa shape index (κ1) is 18.5. The number of nitrogens with zero attached hydrogens (tertiary/aromatic N) is 1. The van der Waals surface area contributed by atoms with Crippen LogP contribution in [0.1, 0.15) is 27.2 Å². The fourth-order valence-electron chi connectivity index (χ4n) is 1.94. The van der Waals surface area contributed by atoms with Gasteiger partial charge in [0.15, 0.2) is 15.8 Å². The van der Waals surface area contributed by atoms with Gasteiger partial charge in [-0.25, -0.2) is 8.42 Å². The summed E-state index contributed by atoms with van der Waals surface area (Å²) in [6.07, 6.45) is 0.703. The predicted octanol–water partition coefficient (Wildman–Crippen LogP) is 2.06. The van der Waals surface area contributed by atoms with Gasteiger partial charge in [0, 0.05) is 19.6 Å². The summed E-state index contributed by atoms with van der Waals surface area (Å²) < 4.78 is 24.9. The van der Waals surface area contributed by atoms with E-state index in [1.165, 1.54) is 0 Å². The molecule has 0 spiro atoms. The molecular formula is C16H27N3O2S. The zero-order valence-electron chi connectivity index (χ0n) is 13.8. The maximum Gasteiger partial charge on any atom is 0.191 e. The third-order valence-electron chi connectivity index (χ3n) is 3.26. The summed E-state index contributed by atoms with van der Waals surface area (Å²) in [5, 5.41) is 6.40. The van der Waals surface area contributed by atoms with Crippen LogP contribution in [-0.4, -0.2) is 39.8 Å². The fraction of sp³-hybridized carbons (Fsp3) is 0.562.